The quantitative estimate of drug-likeness (QED) is 0.497. The highest BCUT2D eigenvalue weighted by Gasteiger charge is 2.19. The number of aryl methyl sites for hydroxylation is 2. The molecule has 1 aromatic carbocycles. The lowest BCUT2D eigenvalue weighted by Gasteiger charge is -2.02. The molecule has 0 fully saturated rings. The molecule has 5 nitrogen and oxygen atoms in total. The average molecular weight is 410 g/mol. The molecule has 3 heterocycles. The number of halogens is 1. The second-order valence-corrected chi connectivity index (χ2v) is 8.35. The summed E-state index contributed by atoms with van der Waals surface area (Å²) in [4.78, 5) is 15.2. The highest BCUT2D eigenvalue weighted by atomic mass is 32.1. The summed E-state index contributed by atoms with van der Waals surface area (Å²) in [7, 11) is 0. The molecule has 0 saturated carbocycles. The van der Waals surface area contributed by atoms with Crippen molar-refractivity contribution in [1.29, 1.82) is 5.26 Å². The second-order valence-electron chi connectivity index (χ2n) is 6.18. The first-order valence-electron chi connectivity index (χ1n) is 8.59. The number of hydrogen-bond donors (Lipinski definition) is 1. The Morgan fingerprint density at radius 3 is 2.71 bits per heavy atom. The van der Waals surface area contributed by atoms with Crippen LogP contribution in [0.15, 0.2) is 36.4 Å². The largest absolute Gasteiger partial charge is 0.312 e. The third-order valence-corrected chi connectivity index (χ3v) is 6.62. The van der Waals surface area contributed by atoms with E-state index in [4.69, 9.17) is 0 Å². The highest BCUT2D eigenvalue weighted by Crippen LogP contribution is 2.33. The van der Waals surface area contributed by atoms with Gasteiger partial charge in [0.2, 0.25) is 0 Å². The fourth-order valence-corrected chi connectivity index (χ4v) is 4.89. The minimum atomic E-state index is -0.314. The predicted molar refractivity (Wildman–Crippen MR) is 110 cm³/mol. The van der Waals surface area contributed by atoms with Crippen molar-refractivity contribution < 1.29 is 9.18 Å². The Bertz CT molecular complexity index is 1230. The van der Waals surface area contributed by atoms with E-state index in [0.29, 0.717) is 15.4 Å². The number of nitriles is 1. The SMILES string of the molecule is CCc1cc(C#N)c(NC(=O)c2cc3c(C)nn(-c4ccc(F)cc4)c3s2)s1. The Balaban J connectivity index is 1.69. The smallest absolute Gasteiger partial charge is 0.266 e. The van der Waals surface area contributed by atoms with Crippen LogP contribution in [-0.4, -0.2) is 15.7 Å². The molecule has 3 aromatic heterocycles. The molecular weight excluding hydrogens is 395 g/mol. The van der Waals surface area contributed by atoms with Gasteiger partial charge in [0.1, 0.15) is 21.7 Å². The van der Waals surface area contributed by atoms with Gasteiger partial charge >= 0.3 is 0 Å². The van der Waals surface area contributed by atoms with Gasteiger partial charge in [-0.1, -0.05) is 6.92 Å². The van der Waals surface area contributed by atoms with Crippen LogP contribution < -0.4 is 5.32 Å². The lowest BCUT2D eigenvalue weighted by molar-refractivity contribution is 0.103. The van der Waals surface area contributed by atoms with E-state index in [-0.39, 0.29) is 11.7 Å². The Labute approximate surface area is 168 Å². The summed E-state index contributed by atoms with van der Waals surface area (Å²) in [6, 6.07) is 11.8. The number of fused-ring (bicyclic) bond motifs is 1. The van der Waals surface area contributed by atoms with Gasteiger partial charge in [0.15, 0.2) is 0 Å². The summed E-state index contributed by atoms with van der Waals surface area (Å²) in [5.41, 5.74) is 1.99. The molecule has 0 aliphatic rings. The van der Waals surface area contributed by atoms with E-state index in [1.54, 1.807) is 22.9 Å². The molecule has 1 N–H and O–H groups in total. The molecule has 0 aliphatic heterocycles. The third-order valence-electron chi connectivity index (χ3n) is 4.32. The minimum Gasteiger partial charge on any atom is -0.312 e. The van der Waals surface area contributed by atoms with Crippen molar-refractivity contribution in [2.45, 2.75) is 20.3 Å². The summed E-state index contributed by atoms with van der Waals surface area (Å²) in [5, 5.41) is 18.1. The highest BCUT2D eigenvalue weighted by molar-refractivity contribution is 7.21. The monoisotopic (exact) mass is 410 g/mol. The molecule has 0 bridgehead atoms. The molecule has 0 aliphatic carbocycles. The number of benzene rings is 1. The molecule has 0 atom stereocenters. The van der Waals surface area contributed by atoms with Crippen molar-refractivity contribution in [3.8, 4) is 11.8 Å². The first-order valence-corrected chi connectivity index (χ1v) is 10.2. The topological polar surface area (TPSA) is 70.7 Å². The number of carbonyl (C=O) groups excluding carboxylic acids is 1. The zero-order valence-corrected chi connectivity index (χ0v) is 16.7. The molecule has 4 aromatic rings. The summed E-state index contributed by atoms with van der Waals surface area (Å²) >= 11 is 2.73. The molecule has 4 rings (SSSR count). The Hall–Kier alpha value is -3.02. The number of nitrogens with zero attached hydrogens (tertiary/aromatic N) is 3. The van der Waals surface area contributed by atoms with Gasteiger partial charge in [-0.3, -0.25) is 4.79 Å². The average Bonchev–Trinajstić information content (AvgIpc) is 3.37. The van der Waals surface area contributed by atoms with Gasteiger partial charge in [0.25, 0.3) is 5.91 Å². The van der Waals surface area contributed by atoms with Gasteiger partial charge in [0.05, 0.1) is 21.8 Å². The van der Waals surface area contributed by atoms with Crippen molar-refractivity contribution in [2.75, 3.05) is 5.32 Å². The predicted octanol–water partition coefficient (Wildman–Crippen LogP) is 5.28. The van der Waals surface area contributed by atoms with Crippen LogP contribution in [0, 0.1) is 24.1 Å². The number of carbonyl (C=O) groups is 1. The van der Waals surface area contributed by atoms with Gasteiger partial charge in [-0.15, -0.1) is 22.7 Å². The number of rotatable bonds is 4. The van der Waals surface area contributed by atoms with E-state index in [0.717, 1.165) is 32.9 Å². The molecule has 0 unspecified atom stereocenters. The zero-order chi connectivity index (χ0) is 19.8. The second kappa shape index (κ2) is 7.19. The van der Waals surface area contributed by atoms with Crippen LogP contribution in [0.25, 0.3) is 15.9 Å². The fraction of sp³-hybridized carbons (Fsp3) is 0.150. The summed E-state index contributed by atoms with van der Waals surface area (Å²) in [6.45, 7) is 3.88. The number of hydrogen-bond acceptors (Lipinski definition) is 5. The number of aromatic nitrogens is 2. The fourth-order valence-electron chi connectivity index (χ4n) is 2.87. The number of amides is 1. The van der Waals surface area contributed by atoms with Gasteiger partial charge in [-0.2, -0.15) is 10.4 Å². The van der Waals surface area contributed by atoms with Gasteiger partial charge in [0, 0.05) is 10.3 Å². The third kappa shape index (κ3) is 3.19. The summed E-state index contributed by atoms with van der Waals surface area (Å²) < 4.78 is 14.9. The first kappa shape index (κ1) is 18.3. The Morgan fingerprint density at radius 2 is 2.04 bits per heavy atom. The maximum absolute atomic E-state index is 13.2. The van der Waals surface area contributed by atoms with Crippen LogP contribution in [-0.2, 0) is 6.42 Å². The maximum Gasteiger partial charge on any atom is 0.266 e. The lowest BCUT2D eigenvalue weighted by atomic mass is 10.2. The van der Waals surface area contributed by atoms with E-state index in [1.807, 2.05) is 19.9 Å². The van der Waals surface area contributed by atoms with E-state index in [2.05, 4.69) is 16.5 Å². The van der Waals surface area contributed by atoms with Crippen LogP contribution in [0.3, 0.4) is 0 Å². The first-order chi connectivity index (χ1) is 13.5. The molecular formula is C20H15FN4OS2. The Kier molecular flexibility index (Phi) is 4.71. The zero-order valence-electron chi connectivity index (χ0n) is 15.1. The Morgan fingerprint density at radius 1 is 1.29 bits per heavy atom. The maximum atomic E-state index is 13.2. The molecule has 0 radical (unpaired) electrons. The molecule has 8 heteroatoms. The number of nitrogens with one attached hydrogen (secondary N) is 1. The van der Waals surface area contributed by atoms with Crippen molar-refractivity contribution in [3.05, 3.63) is 63.2 Å². The summed E-state index contributed by atoms with van der Waals surface area (Å²) in [5.74, 6) is -0.571. The molecule has 0 saturated heterocycles. The van der Waals surface area contributed by atoms with E-state index >= 15 is 0 Å². The van der Waals surface area contributed by atoms with Crippen LogP contribution >= 0.6 is 22.7 Å². The van der Waals surface area contributed by atoms with Gasteiger partial charge < -0.3 is 5.32 Å². The van der Waals surface area contributed by atoms with Crippen molar-refractivity contribution >= 4 is 43.8 Å². The van der Waals surface area contributed by atoms with Crippen LogP contribution in [0.1, 0.15) is 32.7 Å². The van der Waals surface area contributed by atoms with Crippen LogP contribution in [0.2, 0.25) is 0 Å². The van der Waals surface area contributed by atoms with Crippen LogP contribution in [0.4, 0.5) is 9.39 Å². The van der Waals surface area contributed by atoms with Gasteiger partial charge in [-0.25, -0.2) is 9.07 Å². The standard InChI is InChI=1S/C20H15FN4OS2/c1-3-15-8-12(10-22)19(27-15)23-18(26)17-9-16-11(2)24-25(20(16)28-17)14-6-4-13(21)5-7-14/h4-9H,3H2,1-2H3,(H,23,26). The van der Waals surface area contributed by atoms with Gasteiger partial charge in [-0.05, 0) is 49.7 Å². The van der Waals surface area contributed by atoms with Crippen molar-refractivity contribution in [2.24, 2.45) is 0 Å². The molecule has 28 heavy (non-hydrogen) atoms. The number of thiophene rings is 2. The van der Waals surface area contributed by atoms with Crippen molar-refractivity contribution in [3.63, 3.8) is 0 Å². The number of anilines is 1. The normalized spacial score (nSPS) is 10.9. The molecule has 1 amide bonds. The van der Waals surface area contributed by atoms with Crippen molar-refractivity contribution in [1.82, 2.24) is 9.78 Å². The van der Waals surface area contributed by atoms with E-state index in [1.165, 1.54) is 34.8 Å². The minimum absolute atomic E-state index is 0.257. The van der Waals surface area contributed by atoms with E-state index < -0.39 is 0 Å². The summed E-state index contributed by atoms with van der Waals surface area (Å²) in [6.07, 6.45) is 0.810. The molecule has 0 spiro atoms. The van der Waals surface area contributed by atoms with Crippen LogP contribution in [0.5, 0.6) is 0 Å². The van der Waals surface area contributed by atoms with E-state index in [9.17, 15) is 14.4 Å². The lowest BCUT2D eigenvalue weighted by Crippen LogP contribution is -2.09. The molecule has 140 valence electrons.